The number of nitrogens with zero attached hydrogens (tertiary/aromatic N) is 3. The quantitative estimate of drug-likeness (QED) is 0.636. The van der Waals surface area contributed by atoms with Crippen LogP contribution in [0.4, 0.5) is 14.9 Å². The van der Waals surface area contributed by atoms with E-state index in [1.807, 2.05) is 6.07 Å². The monoisotopic (exact) mass is 420 g/mol. The van der Waals surface area contributed by atoms with E-state index < -0.39 is 17.5 Å². The van der Waals surface area contributed by atoms with Gasteiger partial charge in [-0.05, 0) is 67.4 Å². The third-order valence-corrected chi connectivity index (χ3v) is 4.07. The van der Waals surface area contributed by atoms with Crippen molar-refractivity contribution in [1.82, 2.24) is 14.6 Å². The van der Waals surface area contributed by atoms with Crippen LogP contribution in [0.3, 0.4) is 0 Å². The Hall–Kier alpha value is -2.48. The predicted molar refractivity (Wildman–Crippen MR) is 101 cm³/mol. The number of fused-ring (bicyclic) bond motifs is 1. The molecule has 6 nitrogen and oxygen atoms in total. The van der Waals surface area contributed by atoms with Crippen molar-refractivity contribution in [3.8, 4) is 11.3 Å². The lowest BCUT2D eigenvalue weighted by Gasteiger charge is -2.20. The standard InChI is InChI=1S/C18H18BrFN4O2/c1-10-13(16-15-5-11(19)8-24(15)22-9-21-16)6-12(20)7-14(10)23-17(25)26-18(2,3)4/h5-9H,1-4H3,(H,23,25). The van der Waals surface area contributed by atoms with Gasteiger partial charge in [-0.15, -0.1) is 0 Å². The van der Waals surface area contributed by atoms with Crippen LogP contribution >= 0.6 is 15.9 Å². The Morgan fingerprint density at radius 2 is 2.04 bits per heavy atom. The van der Waals surface area contributed by atoms with Crippen molar-refractivity contribution < 1.29 is 13.9 Å². The van der Waals surface area contributed by atoms with Gasteiger partial charge >= 0.3 is 6.09 Å². The smallest absolute Gasteiger partial charge is 0.412 e. The van der Waals surface area contributed by atoms with Gasteiger partial charge in [-0.2, -0.15) is 5.10 Å². The lowest BCUT2D eigenvalue weighted by Crippen LogP contribution is -2.27. The molecule has 0 fully saturated rings. The van der Waals surface area contributed by atoms with Gasteiger partial charge in [0.15, 0.2) is 0 Å². The molecule has 0 aliphatic carbocycles. The first-order chi connectivity index (χ1) is 12.1. The number of nitrogens with one attached hydrogen (secondary N) is 1. The van der Waals surface area contributed by atoms with Crippen molar-refractivity contribution in [3.63, 3.8) is 0 Å². The molecule has 0 atom stereocenters. The van der Waals surface area contributed by atoms with Gasteiger partial charge in [0.1, 0.15) is 17.7 Å². The highest BCUT2D eigenvalue weighted by molar-refractivity contribution is 9.10. The first kappa shape index (κ1) is 18.3. The molecule has 8 heteroatoms. The fourth-order valence-electron chi connectivity index (χ4n) is 2.57. The molecule has 3 rings (SSSR count). The molecule has 0 saturated heterocycles. The van der Waals surface area contributed by atoms with Crippen molar-refractivity contribution in [3.05, 3.63) is 46.6 Å². The topological polar surface area (TPSA) is 68.5 Å². The maximum Gasteiger partial charge on any atom is 0.412 e. The summed E-state index contributed by atoms with van der Waals surface area (Å²) in [6.45, 7) is 7.08. The summed E-state index contributed by atoms with van der Waals surface area (Å²) in [4.78, 5) is 16.4. The van der Waals surface area contributed by atoms with E-state index in [1.165, 1.54) is 18.5 Å². The van der Waals surface area contributed by atoms with Gasteiger partial charge in [0.25, 0.3) is 0 Å². The van der Waals surface area contributed by atoms with E-state index in [9.17, 15) is 9.18 Å². The van der Waals surface area contributed by atoms with Crippen molar-refractivity contribution in [1.29, 1.82) is 0 Å². The van der Waals surface area contributed by atoms with Crippen LogP contribution in [0.5, 0.6) is 0 Å². The number of amides is 1. The minimum atomic E-state index is -0.648. The Morgan fingerprint density at radius 3 is 2.73 bits per heavy atom. The molecule has 2 aromatic heterocycles. The van der Waals surface area contributed by atoms with Crippen molar-refractivity contribution >= 4 is 33.2 Å². The van der Waals surface area contributed by atoms with E-state index in [4.69, 9.17) is 4.74 Å². The molecule has 0 aliphatic rings. The molecule has 0 unspecified atom stereocenters. The number of anilines is 1. The van der Waals surface area contributed by atoms with Crippen LogP contribution in [0.25, 0.3) is 16.8 Å². The number of aromatic nitrogens is 3. The maximum atomic E-state index is 14.2. The Balaban J connectivity index is 2.06. The Kier molecular flexibility index (Phi) is 4.70. The third kappa shape index (κ3) is 3.85. The molecule has 1 aromatic carbocycles. The van der Waals surface area contributed by atoms with E-state index in [2.05, 4.69) is 31.3 Å². The molecule has 136 valence electrons. The lowest BCUT2D eigenvalue weighted by molar-refractivity contribution is 0.0636. The normalized spacial score (nSPS) is 11.6. The highest BCUT2D eigenvalue weighted by atomic mass is 79.9. The number of benzene rings is 1. The van der Waals surface area contributed by atoms with Crippen LogP contribution in [-0.2, 0) is 4.74 Å². The third-order valence-electron chi connectivity index (χ3n) is 3.64. The molecule has 0 bridgehead atoms. The zero-order valence-electron chi connectivity index (χ0n) is 14.8. The molecule has 2 heterocycles. The van der Waals surface area contributed by atoms with Crippen LogP contribution in [0, 0.1) is 12.7 Å². The van der Waals surface area contributed by atoms with E-state index in [0.29, 0.717) is 22.5 Å². The van der Waals surface area contributed by atoms with Crippen LogP contribution in [-0.4, -0.2) is 26.3 Å². The summed E-state index contributed by atoms with van der Waals surface area (Å²) in [6.07, 6.45) is 2.55. The second-order valence-corrected chi connectivity index (χ2v) is 7.77. The van der Waals surface area contributed by atoms with Crippen LogP contribution in [0.15, 0.2) is 35.2 Å². The summed E-state index contributed by atoms with van der Waals surface area (Å²) >= 11 is 3.40. The zero-order chi connectivity index (χ0) is 19.1. The summed E-state index contributed by atoms with van der Waals surface area (Å²) in [5.74, 6) is -0.487. The van der Waals surface area contributed by atoms with Gasteiger partial charge in [-0.1, -0.05) is 0 Å². The van der Waals surface area contributed by atoms with Crippen LogP contribution < -0.4 is 5.32 Å². The van der Waals surface area contributed by atoms with Crippen molar-refractivity contribution in [2.24, 2.45) is 0 Å². The van der Waals surface area contributed by atoms with Crippen molar-refractivity contribution in [2.45, 2.75) is 33.3 Å². The highest BCUT2D eigenvalue weighted by Crippen LogP contribution is 2.32. The molecule has 0 radical (unpaired) electrons. The predicted octanol–water partition coefficient (Wildman–Crippen LogP) is 4.95. The van der Waals surface area contributed by atoms with E-state index >= 15 is 0 Å². The Morgan fingerprint density at radius 1 is 1.31 bits per heavy atom. The number of carbonyl (C=O) groups excluding carboxylic acids is 1. The first-order valence-corrected chi connectivity index (χ1v) is 8.73. The van der Waals surface area contributed by atoms with Gasteiger partial charge in [-0.25, -0.2) is 18.7 Å². The first-order valence-electron chi connectivity index (χ1n) is 7.93. The highest BCUT2D eigenvalue weighted by Gasteiger charge is 2.19. The molecular formula is C18H18BrFN4O2. The minimum absolute atomic E-state index is 0.330. The fourth-order valence-corrected chi connectivity index (χ4v) is 2.98. The van der Waals surface area contributed by atoms with Gasteiger partial charge < -0.3 is 4.74 Å². The van der Waals surface area contributed by atoms with Crippen LogP contribution in [0.1, 0.15) is 26.3 Å². The lowest BCUT2D eigenvalue weighted by atomic mass is 10.0. The second kappa shape index (κ2) is 6.68. The average molecular weight is 421 g/mol. The summed E-state index contributed by atoms with van der Waals surface area (Å²) in [6, 6.07) is 4.49. The minimum Gasteiger partial charge on any atom is -0.444 e. The average Bonchev–Trinajstić information content (AvgIpc) is 2.88. The zero-order valence-corrected chi connectivity index (χ0v) is 16.4. The second-order valence-electron chi connectivity index (χ2n) is 6.85. The summed E-state index contributed by atoms with van der Waals surface area (Å²) in [5.41, 5.74) is 2.21. The van der Waals surface area contributed by atoms with E-state index in [-0.39, 0.29) is 0 Å². The Labute approximate surface area is 158 Å². The molecule has 1 amide bonds. The molecule has 0 aliphatic heterocycles. The van der Waals surface area contributed by atoms with Gasteiger partial charge in [-0.3, -0.25) is 5.32 Å². The van der Waals surface area contributed by atoms with Crippen molar-refractivity contribution in [2.75, 3.05) is 5.32 Å². The van der Waals surface area contributed by atoms with Gasteiger partial charge in [0.2, 0.25) is 0 Å². The fraction of sp³-hybridized carbons (Fsp3) is 0.278. The number of carbonyl (C=O) groups is 1. The largest absolute Gasteiger partial charge is 0.444 e. The molecule has 26 heavy (non-hydrogen) atoms. The molecule has 3 aromatic rings. The summed E-state index contributed by atoms with van der Waals surface area (Å²) in [5, 5.41) is 6.75. The van der Waals surface area contributed by atoms with Gasteiger partial charge in [0, 0.05) is 16.2 Å². The molecule has 0 spiro atoms. The molecular weight excluding hydrogens is 403 g/mol. The SMILES string of the molecule is Cc1c(NC(=O)OC(C)(C)C)cc(F)cc1-c1ncnn2cc(Br)cc12. The number of ether oxygens (including phenoxy) is 1. The van der Waals surface area contributed by atoms with Crippen LogP contribution in [0.2, 0.25) is 0 Å². The van der Waals surface area contributed by atoms with Gasteiger partial charge in [0.05, 0.1) is 16.9 Å². The summed E-state index contributed by atoms with van der Waals surface area (Å²) < 4.78 is 22.0. The number of hydrogen-bond donors (Lipinski definition) is 1. The van der Waals surface area contributed by atoms with E-state index in [0.717, 1.165) is 9.99 Å². The number of rotatable bonds is 2. The molecule has 1 N–H and O–H groups in total. The Bertz CT molecular complexity index is 995. The molecule has 0 saturated carbocycles. The number of hydrogen-bond acceptors (Lipinski definition) is 4. The maximum absolute atomic E-state index is 14.2. The van der Waals surface area contributed by atoms with E-state index in [1.54, 1.807) is 38.4 Å². The number of halogens is 2. The summed E-state index contributed by atoms with van der Waals surface area (Å²) in [7, 11) is 0.